The van der Waals surface area contributed by atoms with Crippen LogP contribution in [0.3, 0.4) is 0 Å². The Morgan fingerprint density at radius 3 is 2.65 bits per heavy atom. The molecule has 0 saturated carbocycles. The second-order valence-electron chi connectivity index (χ2n) is 6.46. The van der Waals surface area contributed by atoms with E-state index in [1.165, 1.54) is 43.6 Å². The molecule has 156 valence electrons. The van der Waals surface area contributed by atoms with Gasteiger partial charge in [0, 0.05) is 24.8 Å². The number of carbonyl (C=O) groups excluding carboxylic acids is 1. The van der Waals surface area contributed by atoms with Crippen LogP contribution in [0.25, 0.3) is 22.5 Å². The number of benzene rings is 2. The number of hydrogen-bond acceptors (Lipinski definition) is 6. The Morgan fingerprint density at radius 1 is 1.19 bits per heavy atom. The van der Waals surface area contributed by atoms with Crippen molar-refractivity contribution >= 4 is 29.1 Å². The minimum Gasteiger partial charge on any atom is -0.497 e. The molecule has 31 heavy (non-hydrogen) atoms. The molecule has 4 aromatic rings. The fourth-order valence-electron chi connectivity index (χ4n) is 3.16. The van der Waals surface area contributed by atoms with Crippen LogP contribution in [-0.2, 0) is 4.79 Å². The number of halogens is 2. The van der Waals surface area contributed by atoms with Crippen LogP contribution in [0.2, 0.25) is 5.02 Å². The number of amides is 1. The van der Waals surface area contributed by atoms with E-state index in [2.05, 4.69) is 15.1 Å². The molecule has 0 N–H and O–H groups in total. The van der Waals surface area contributed by atoms with Gasteiger partial charge in [-0.15, -0.1) is 0 Å². The number of para-hydroxylation sites is 1. The predicted molar refractivity (Wildman–Crippen MR) is 114 cm³/mol. The summed E-state index contributed by atoms with van der Waals surface area (Å²) < 4.78 is 25.5. The van der Waals surface area contributed by atoms with E-state index in [0.29, 0.717) is 27.7 Å². The Morgan fingerprint density at radius 2 is 2.00 bits per heavy atom. The molecule has 0 saturated heterocycles. The number of nitrogens with zero attached hydrogens (tertiary/aromatic N) is 4. The molecular weight excluding hydrogens is 423 g/mol. The Balaban J connectivity index is 1.98. The fraction of sp³-hybridized carbons (Fsp3) is 0.0909. The monoisotopic (exact) mass is 438 g/mol. The molecule has 0 spiro atoms. The van der Waals surface area contributed by atoms with Crippen molar-refractivity contribution in [1.82, 2.24) is 15.1 Å². The molecule has 0 atom stereocenters. The number of anilines is 2. The highest BCUT2D eigenvalue weighted by atomic mass is 35.5. The third kappa shape index (κ3) is 3.85. The molecule has 0 bridgehead atoms. The van der Waals surface area contributed by atoms with Gasteiger partial charge in [0.25, 0.3) is 0 Å². The third-order valence-electron chi connectivity index (χ3n) is 4.55. The first-order valence-corrected chi connectivity index (χ1v) is 9.54. The highest BCUT2D eigenvalue weighted by Gasteiger charge is 2.30. The van der Waals surface area contributed by atoms with Gasteiger partial charge in [-0.3, -0.25) is 4.79 Å². The number of rotatable bonds is 5. The molecule has 0 aliphatic carbocycles. The van der Waals surface area contributed by atoms with E-state index in [9.17, 15) is 9.18 Å². The van der Waals surface area contributed by atoms with Crippen LogP contribution in [0, 0.1) is 5.82 Å². The fourth-order valence-corrected chi connectivity index (χ4v) is 3.38. The van der Waals surface area contributed by atoms with Crippen molar-refractivity contribution < 1.29 is 18.4 Å². The topological polar surface area (TPSA) is 81.4 Å². The zero-order valence-electron chi connectivity index (χ0n) is 16.5. The minimum atomic E-state index is -0.568. The number of carbonyl (C=O) groups is 1. The maximum atomic E-state index is 14.9. The summed E-state index contributed by atoms with van der Waals surface area (Å²) in [5.74, 6) is -0.526. The van der Waals surface area contributed by atoms with Gasteiger partial charge in [-0.25, -0.2) is 19.3 Å². The molecule has 1 amide bonds. The zero-order valence-corrected chi connectivity index (χ0v) is 17.3. The van der Waals surface area contributed by atoms with Gasteiger partial charge in [0.2, 0.25) is 11.8 Å². The van der Waals surface area contributed by atoms with Crippen molar-refractivity contribution in [2.24, 2.45) is 0 Å². The maximum absolute atomic E-state index is 14.9. The van der Waals surface area contributed by atoms with Crippen molar-refractivity contribution in [3.05, 3.63) is 71.9 Å². The first kappa shape index (κ1) is 20.5. The summed E-state index contributed by atoms with van der Waals surface area (Å²) in [4.78, 5) is 22.1. The quantitative estimate of drug-likeness (QED) is 0.421. The number of methoxy groups -OCH3 is 1. The van der Waals surface area contributed by atoms with E-state index in [4.69, 9.17) is 20.9 Å². The maximum Gasteiger partial charge on any atom is 0.248 e. The highest BCUT2D eigenvalue weighted by Crippen LogP contribution is 2.43. The van der Waals surface area contributed by atoms with Gasteiger partial charge in [-0.1, -0.05) is 28.9 Å². The van der Waals surface area contributed by atoms with Gasteiger partial charge in [-0.2, -0.15) is 0 Å². The second-order valence-corrected chi connectivity index (χ2v) is 6.86. The molecule has 2 heterocycles. The average molecular weight is 439 g/mol. The molecule has 0 radical (unpaired) electrons. The predicted octanol–water partition coefficient (Wildman–Crippen LogP) is 5.28. The summed E-state index contributed by atoms with van der Waals surface area (Å²) in [6, 6.07) is 12.8. The third-order valence-corrected chi connectivity index (χ3v) is 4.87. The zero-order chi connectivity index (χ0) is 22.0. The van der Waals surface area contributed by atoms with Crippen molar-refractivity contribution in [1.29, 1.82) is 0 Å². The molecule has 9 heteroatoms. The summed E-state index contributed by atoms with van der Waals surface area (Å²) in [5, 5.41) is 4.42. The van der Waals surface area contributed by atoms with Crippen LogP contribution < -0.4 is 9.64 Å². The standard InChI is InChI=1S/C22H16ClFN4O3/c1-13(29)28(19-6-4-3-5-16(19)23)22-20(18-9-10-25-12-26-18)21(27-31-22)15-8-7-14(30-2)11-17(15)24/h3-12H,1-2H3. The Hall–Kier alpha value is -3.78. The normalized spacial score (nSPS) is 10.7. The van der Waals surface area contributed by atoms with Gasteiger partial charge in [0.05, 0.1) is 29.1 Å². The molecule has 0 fully saturated rings. The highest BCUT2D eigenvalue weighted by molar-refractivity contribution is 6.34. The molecule has 0 aliphatic heterocycles. The van der Waals surface area contributed by atoms with Crippen LogP contribution in [0.5, 0.6) is 5.75 Å². The summed E-state index contributed by atoms with van der Waals surface area (Å²) in [6.07, 6.45) is 2.87. The van der Waals surface area contributed by atoms with E-state index < -0.39 is 5.82 Å². The number of aromatic nitrogens is 3. The largest absolute Gasteiger partial charge is 0.497 e. The van der Waals surface area contributed by atoms with Gasteiger partial charge in [0.1, 0.15) is 23.6 Å². The minimum absolute atomic E-state index is 0.0597. The van der Waals surface area contributed by atoms with E-state index in [0.717, 1.165) is 0 Å². The SMILES string of the molecule is COc1ccc(-c2noc(N(C(C)=O)c3ccccc3Cl)c2-c2ccncn2)c(F)c1. The van der Waals surface area contributed by atoms with Crippen LogP contribution >= 0.6 is 11.6 Å². The molecule has 2 aromatic carbocycles. The molecule has 0 unspecified atom stereocenters. The lowest BCUT2D eigenvalue weighted by molar-refractivity contribution is -0.116. The smallest absolute Gasteiger partial charge is 0.248 e. The van der Waals surface area contributed by atoms with E-state index >= 15 is 0 Å². The van der Waals surface area contributed by atoms with Gasteiger partial charge in [0.15, 0.2) is 0 Å². The first-order valence-electron chi connectivity index (χ1n) is 9.16. The first-order chi connectivity index (χ1) is 15.0. The lowest BCUT2D eigenvalue weighted by Crippen LogP contribution is -2.23. The van der Waals surface area contributed by atoms with Crippen LogP contribution in [0.1, 0.15) is 6.92 Å². The lowest BCUT2D eigenvalue weighted by Gasteiger charge is -2.20. The van der Waals surface area contributed by atoms with Gasteiger partial charge in [-0.05, 0) is 30.3 Å². The van der Waals surface area contributed by atoms with Crippen molar-refractivity contribution in [2.75, 3.05) is 12.0 Å². The molecule has 2 aromatic heterocycles. The summed E-state index contributed by atoms with van der Waals surface area (Å²) in [7, 11) is 1.45. The number of ether oxygens (including phenoxy) is 1. The van der Waals surface area contributed by atoms with E-state index in [1.54, 1.807) is 36.4 Å². The second kappa shape index (κ2) is 8.53. The van der Waals surface area contributed by atoms with Crippen LogP contribution in [0.4, 0.5) is 16.0 Å². The van der Waals surface area contributed by atoms with Crippen molar-refractivity contribution in [3.63, 3.8) is 0 Å². The Labute approximate surface area is 182 Å². The van der Waals surface area contributed by atoms with Gasteiger partial charge >= 0.3 is 0 Å². The van der Waals surface area contributed by atoms with Crippen molar-refractivity contribution in [2.45, 2.75) is 6.92 Å². The lowest BCUT2D eigenvalue weighted by atomic mass is 10.0. The van der Waals surface area contributed by atoms with Crippen LogP contribution in [-0.4, -0.2) is 28.1 Å². The molecule has 4 rings (SSSR count). The Kier molecular flexibility index (Phi) is 5.64. The molecule has 0 aliphatic rings. The summed E-state index contributed by atoms with van der Waals surface area (Å²) >= 11 is 6.34. The van der Waals surface area contributed by atoms with Gasteiger partial charge < -0.3 is 9.26 Å². The van der Waals surface area contributed by atoms with E-state index in [1.807, 2.05) is 0 Å². The molecular formula is C22H16ClFN4O3. The van der Waals surface area contributed by atoms with E-state index in [-0.39, 0.29) is 23.0 Å². The Bertz CT molecular complexity index is 1250. The van der Waals surface area contributed by atoms with Crippen molar-refractivity contribution in [3.8, 4) is 28.3 Å². The number of hydrogen-bond donors (Lipinski definition) is 0. The summed E-state index contributed by atoms with van der Waals surface area (Å²) in [5.41, 5.74) is 1.44. The summed E-state index contributed by atoms with van der Waals surface area (Å²) in [6.45, 7) is 1.36. The van der Waals surface area contributed by atoms with Crippen LogP contribution in [0.15, 0.2) is 65.6 Å². The molecule has 7 nitrogen and oxygen atoms in total. The average Bonchev–Trinajstić information content (AvgIpc) is 3.19.